The second-order valence-corrected chi connectivity index (χ2v) is 7.42. The Kier molecular flexibility index (Phi) is 10.9. The number of halogens is 1. The van der Waals surface area contributed by atoms with Crippen LogP contribution in [-0.2, 0) is 0 Å². The van der Waals surface area contributed by atoms with Crippen molar-refractivity contribution >= 4 is 41.7 Å². The van der Waals surface area contributed by atoms with Crippen LogP contribution in [0.4, 0.5) is 0 Å². The van der Waals surface area contributed by atoms with Crippen molar-refractivity contribution < 1.29 is 0 Å². The largest absolute Gasteiger partial charge is 0.355 e. The number of thioether (sulfide) groups is 1. The van der Waals surface area contributed by atoms with Gasteiger partial charge in [0, 0.05) is 45.0 Å². The lowest BCUT2D eigenvalue weighted by atomic mass is 10.2. The number of rotatable bonds is 5. The van der Waals surface area contributed by atoms with Gasteiger partial charge in [-0.2, -0.15) is 11.8 Å². The fourth-order valence-electron chi connectivity index (χ4n) is 2.89. The Labute approximate surface area is 157 Å². The van der Waals surface area contributed by atoms with Crippen LogP contribution in [0.2, 0.25) is 0 Å². The highest BCUT2D eigenvalue weighted by molar-refractivity contribution is 14.0. The number of likely N-dealkylation sites (N-methyl/N-ethyl adjacent to an activating group) is 1. The first-order valence-electron chi connectivity index (χ1n) is 8.25. The van der Waals surface area contributed by atoms with Crippen molar-refractivity contribution in [3.63, 3.8) is 0 Å². The van der Waals surface area contributed by atoms with Crippen LogP contribution in [0, 0.1) is 0 Å². The second kappa shape index (κ2) is 11.8. The normalized spacial score (nSPS) is 24.6. The summed E-state index contributed by atoms with van der Waals surface area (Å²) in [7, 11) is 4.08. The summed E-state index contributed by atoms with van der Waals surface area (Å²) in [6.45, 7) is 7.94. The van der Waals surface area contributed by atoms with E-state index in [2.05, 4.69) is 44.2 Å². The molecule has 2 saturated heterocycles. The molecular weight excluding hydrogens is 409 g/mol. The standard InChI is InChI=1S/C15H31N5S.HI/c1-16-15(18-13-14-5-3-12-21-14)17-6-9-20-8-4-7-19(2)10-11-20;/h14H,3-13H2,1-2H3,(H2,16,17,18);1H. The lowest BCUT2D eigenvalue weighted by molar-refractivity contribution is 0.280. The monoisotopic (exact) mass is 441 g/mol. The van der Waals surface area contributed by atoms with Crippen molar-refractivity contribution in [2.75, 3.05) is 65.7 Å². The van der Waals surface area contributed by atoms with Crippen molar-refractivity contribution in [1.82, 2.24) is 20.4 Å². The molecule has 0 amide bonds. The third-order valence-electron chi connectivity index (χ3n) is 4.28. The van der Waals surface area contributed by atoms with Gasteiger partial charge in [-0.05, 0) is 45.2 Å². The molecule has 130 valence electrons. The minimum Gasteiger partial charge on any atom is -0.355 e. The molecule has 2 aliphatic heterocycles. The number of hydrogen-bond acceptors (Lipinski definition) is 4. The van der Waals surface area contributed by atoms with Crippen molar-refractivity contribution in [1.29, 1.82) is 0 Å². The molecule has 5 nitrogen and oxygen atoms in total. The molecule has 2 heterocycles. The Morgan fingerprint density at radius 1 is 1.18 bits per heavy atom. The van der Waals surface area contributed by atoms with E-state index < -0.39 is 0 Å². The molecule has 0 aromatic heterocycles. The summed E-state index contributed by atoms with van der Waals surface area (Å²) in [6.07, 6.45) is 3.99. The fourth-order valence-corrected chi connectivity index (χ4v) is 4.09. The Morgan fingerprint density at radius 2 is 2.05 bits per heavy atom. The Bertz CT molecular complexity index is 323. The lowest BCUT2D eigenvalue weighted by Gasteiger charge is -2.21. The van der Waals surface area contributed by atoms with Gasteiger partial charge in [0.05, 0.1) is 0 Å². The van der Waals surface area contributed by atoms with E-state index in [1.165, 1.54) is 51.2 Å². The molecule has 7 heteroatoms. The number of nitrogens with zero attached hydrogens (tertiary/aromatic N) is 3. The highest BCUT2D eigenvalue weighted by Crippen LogP contribution is 2.25. The van der Waals surface area contributed by atoms with E-state index in [0.717, 1.165) is 30.8 Å². The zero-order valence-corrected chi connectivity index (χ0v) is 17.2. The molecule has 0 bridgehead atoms. The van der Waals surface area contributed by atoms with E-state index in [4.69, 9.17) is 0 Å². The van der Waals surface area contributed by atoms with Crippen LogP contribution >= 0.6 is 35.7 Å². The van der Waals surface area contributed by atoms with Crippen LogP contribution in [-0.4, -0.2) is 86.7 Å². The van der Waals surface area contributed by atoms with Gasteiger partial charge in [-0.25, -0.2) is 0 Å². The van der Waals surface area contributed by atoms with Gasteiger partial charge in [0.25, 0.3) is 0 Å². The lowest BCUT2D eigenvalue weighted by Crippen LogP contribution is -2.43. The fraction of sp³-hybridized carbons (Fsp3) is 0.933. The van der Waals surface area contributed by atoms with Crippen LogP contribution in [0.5, 0.6) is 0 Å². The van der Waals surface area contributed by atoms with Gasteiger partial charge < -0.3 is 20.4 Å². The quantitative estimate of drug-likeness (QED) is 0.383. The van der Waals surface area contributed by atoms with Gasteiger partial charge in [-0.1, -0.05) is 0 Å². The first-order valence-corrected chi connectivity index (χ1v) is 9.30. The maximum Gasteiger partial charge on any atom is 0.191 e. The van der Waals surface area contributed by atoms with Crippen LogP contribution in [0.25, 0.3) is 0 Å². The van der Waals surface area contributed by atoms with Gasteiger partial charge in [0.1, 0.15) is 0 Å². The van der Waals surface area contributed by atoms with Crippen molar-refractivity contribution in [3.05, 3.63) is 0 Å². The summed E-state index contributed by atoms with van der Waals surface area (Å²) >= 11 is 2.09. The third-order valence-corrected chi connectivity index (χ3v) is 5.68. The molecule has 22 heavy (non-hydrogen) atoms. The highest BCUT2D eigenvalue weighted by atomic mass is 127. The molecule has 0 radical (unpaired) electrons. The molecule has 2 aliphatic rings. The minimum atomic E-state index is 0. The predicted octanol–water partition coefficient (Wildman–Crippen LogP) is 1.30. The van der Waals surface area contributed by atoms with E-state index in [0.29, 0.717) is 0 Å². The highest BCUT2D eigenvalue weighted by Gasteiger charge is 2.15. The molecule has 0 saturated carbocycles. The zero-order chi connectivity index (χ0) is 14.9. The molecule has 2 fully saturated rings. The van der Waals surface area contributed by atoms with Crippen molar-refractivity contribution in [3.8, 4) is 0 Å². The predicted molar refractivity (Wildman–Crippen MR) is 109 cm³/mol. The van der Waals surface area contributed by atoms with Gasteiger partial charge in [-0.3, -0.25) is 4.99 Å². The first-order chi connectivity index (χ1) is 10.3. The topological polar surface area (TPSA) is 42.9 Å². The number of aliphatic imine (C=N–C) groups is 1. The van der Waals surface area contributed by atoms with Gasteiger partial charge in [-0.15, -0.1) is 24.0 Å². The van der Waals surface area contributed by atoms with Gasteiger partial charge in [0.2, 0.25) is 0 Å². The molecule has 0 spiro atoms. The number of nitrogens with one attached hydrogen (secondary N) is 2. The van der Waals surface area contributed by atoms with Crippen molar-refractivity contribution in [2.24, 2.45) is 4.99 Å². The third kappa shape index (κ3) is 7.70. The van der Waals surface area contributed by atoms with E-state index in [1.54, 1.807) is 0 Å². The second-order valence-electron chi connectivity index (χ2n) is 6.01. The maximum absolute atomic E-state index is 4.32. The Hall–Kier alpha value is 0.270. The Balaban J connectivity index is 0.00000242. The van der Waals surface area contributed by atoms with Crippen LogP contribution in [0.3, 0.4) is 0 Å². The molecule has 0 aromatic rings. The van der Waals surface area contributed by atoms with Crippen LogP contribution < -0.4 is 10.6 Å². The van der Waals surface area contributed by atoms with Gasteiger partial charge >= 0.3 is 0 Å². The number of guanidine groups is 1. The summed E-state index contributed by atoms with van der Waals surface area (Å²) in [5.41, 5.74) is 0. The molecular formula is C15H32IN5S. The average Bonchev–Trinajstić information content (AvgIpc) is 2.92. The van der Waals surface area contributed by atoms with Crippen LogP contribution in [0.1, 0.15) is 19.3 Å². The van der Waals surface area contributed by atoms with Crippen LogP contribution in [0.15, 0.2) is 4.99 Å². The molecule has 1 unspecified atom stereocenters. The van der Waals surface area contributed by atoms with Crippen molar-refractivity contribution in [2.45, 2.75) is 24.5 Å². The van der Waals surface area contributed by atoms with E-state index in [-0.39, 0.29) is 24.0 Å². The Morgan fingerprint density at radius 3 is 2.77 bits per heavy atom. The minimum absolute atomic E-state index is 0. The summed E-state index contributed by atoms with van der Waals surface area (Å²) in [5, 5.41) is 7.67. The average molecular weight is 441 g/mol. The first kappa shape index (κ1) is 20.3. The molecule has 0 aromatic carbocycles. The van der Waals surface area contributed by atoms with E-state index in [9.17, 15) is 0 Å². The van der Waals surface area contributed by atoms with E-state index >= 15 is 0 Å². The zero-order valence-electron chi connectivity index (χ0n) is 14.0. The molecule has 2 rings (SSSR count). The summed E-state index contributed by atoms with van der Waals surface area (Å²) in [4.78, 5) is 9.30. The molecule has 0 aliphatic carbocycles. The summed E-state index contributed by atoms with van der Waals surface area (Å²) < 4.78 is 0. The summed E-state index contributed by atoms with van der Waals surface area (Å²) in [5.74, 6) is 2.27. The molecule has 2 N–H and O–H groups in total. The smallest absolute Gasteiger partial charge is 0.191 e. The SMILES string of the molecule is CN=C(NCCN1CCCN(C)CC1)NCC1CCCS1.I. The van der Waals surface area contributed by atoms with E-state index in [1.807, 2.05) is 7.05 Å². The summed E-state index contributed by atoms with van der Waals surface area (Å²) in [6, 6.07) is 0. The molecule has 1 atom stereocenters. The van der Waals surface area contributed by atoms with Gasteiger partial charge in [0.15, 0.2) is 5.96 Å². The maximum atomic E-state index is 4.32. The number of hydrogen-bond donors (Lipinski definition) is 2.